The van der Waals surface area contributed by atoms with Gasteiger partial charge in [-0.05, 0) is 36.4 Å². The van der Waals surface area contributed by atoms with Crippen LogP contribution in [0.15, 0.2) is 175 Å². The first-order valence-corrected chi connectivity index (χ1v) is 17.0. The molecule has 1 aromatic heterocycles. The van der Waals surface area contributed by atoms with E-state index in [9.17, 15) is 0 Å². The number of halogens is 2. The molecule has 0 aliphatic carbocycles. The molecule has 0 aliphatic heterocycles. The van der Waals surface area contributed by atoms with Crippen molar-refractivity contribution >= 4 is 28.9 Å². The minimum absolute atomic E-state index is 0.562. The van der Waals surface area contributed by atoms with Gasteiger partial charge >= 0.3 is 0 Å². The zero-order valence-corrected chi connectivity index (χ0v) is 28.5. The average molecular weight is 678 g/mol. The van der Waals surface area contributed by atoms with Crippen LogP contribution in [0.5, 0.6) is 0 Å². The molecule has 1 N–H and O–H groups in total. The van der Waals surface area contributed by atoms with Crippen molar-refractivity contribution in [2.24, 2.45) is 4.99 Å². The summed E-state index contributed by atoms with van der Waals surface area (Å²) in [5.74, 6) is -0.647. The Labute approximate surface area is 297 Å². The van der Waals surface area contributed by atoms with Crippen LogP contribution in [0.4, 0.5) is 0 Å². The van der Waals surface area contributed by atoms with Gasteiger partial charge in [-0.1, -0.05) is 175 Å². The van der Waals surface area contributed by atoms with Crippen molar-refractivity contribution in [2.45, 2.75) is 12.2 Å². The highest BCUT2D eigenvalue weighted by Gasteiger charge is 2.41. The number of nitrogens with one attached hydrogen (secondary N) is 1. The molecule has 6 aromatic carbocycles. The monoisotopic (exact) mass is 676 g/mol. The van der Waals surface area contributed by atoms with Crippen LogP contribution in [-0.2, 0) is 12.2 Å². The molecule has 0 radical (unpaired) electrons. The maximum Gasteiger partial charge on any atom is 0.221 e. The Bertz CT molecular complexity index is 2200. The Balaban J connectivity index is 1.67. The second-order valence-electron chi connectivity index (χ2n) is 11.7. The predicted molar refractivity (Wildman–Crippen MR) is 204 cm³/mol. The van der Waals surface area contributed by atoms with Crippen molar-refractivity contribution in [1.29, 1.82) is 0 Å². The highest BCUT2D eigenvalue weighted by atomic mass is 35.5. The largest absolute Gasteiger partial charge is 0.281 e. The molecule has 0 aliphatic rings. The second kappa shape index (κ2) is 14.5. The van der Waals surface area contributed by atoms with Gasteiger partial charge in [0.2, 0.25) is 5.79 Å². The summed E-state index contributed by atoms with van der Waals surface area (Å²) in [6.07, 6.45) is 0.584. The number of nitrogens with zero attached hydrogens (tertiary/aromatic N) is 3. The minimum atomic E-state index is -1.29. The van der Waals surface area contributed by atoms with E-state index in [0.717, 1.165) is 50.5 Å². The van der Waals surface area contributed by atoms with Crippen LogP contribution in [0.1, 0.15) is 16.7 Å². The van der Waals surface area contributed by atoms with Gasteiger partial charge in [0, 0.05) is 33.7 Å². The van der Waals surface area contributed by atoms with E-state index in [1.165, 1.54) is 0 Å². The van der Waals surface area contributed by atoms with E-state index in [1.54, 1.807) is 0 Å². The molecule has 0 saturated carbocycles. The fraction of sp³-hybridized carbons (Fsp3) is 0.0698. The zero-order valence-electron chi connectivity index (χ0n) is 27.0. The molecule has 49 heavy (non-hydrogen) atoms. The summed E-state index contributed by atoms with van der Waals surface area (Å²) in [7, 11) is 1.92. The van der Waals surface area contributed by atoms with Crippen molar-refractivity contribution in [1.82, 2.24) is 14.9 Å². The second-order valence-corrected chi connectivity index (χ2v) is 12.5. The first kappa shape index (κ1) is 32.3. The molecule has 6 heteroatoms. The fourth-order valence-corrected chi connectivity index (χ4v) is 6.80. The van der Waals surface area contributed by atoms with Gasteiger partial charge in [-0.3, -0.25) is 9.88 Å². The van der Waals surface area contributed by atoms with E-state index in [4.69, 9.17) is 33.2 Å². The van der Waals surface area contributed by atoms with Crippen LogP contribution >= 0.6 is 23.2 Å². The number of hydrogen-bond donors (Lipinski definition) is 1. The van der Waals surface area contributed by atoms with E-state index < -0.39 is 5.79 Å². The van der Waals surface area contributed by atoms with Crippen LogP contribution in [-0.4, -0.2) is 22.3 Å². The molecule has 0 bridgehead atoms. The van der Waals surface area contributed by atoms with Gasteiger partial charge in [-0.15, -0.1) is 0 Å². The molecule has 0 spiro atoms. The van der Waals surface area contributed by atoms with E-state index in [1.807, 2.05) is 116 Å². The van der Waals surface area contributed by atoms with Crippen molar-refractivity contribution in [3.05, 3.63) is 197 Å². The molecule has 240 valence electrons. The third kappa shape index (κ3) is 6.47. The van der Waals surface area contributed by atoms with E-state index in [2.05, 4.69) is 70.5 Å². The smallest absolute Gasteiger partial charge is 0.221 e. The lowest BCUT2D eigenvalue weighted by Crippen LogP contribution is -2.47. The lowest BCUT2D eigenvalue weighted by atomic mass is 9.99. The Kier molecular flexibility index (Phi) is 9.54. The molecule has 1 unspecified atom stereocenters. The lowest BCUT2D eigenvalue weighted by Gasteiger charge is -2.36. The quantitative estimate of drug-likeness (QED) is 0.146. The van der Waals surface area contributed by atoms with Gasteiger partial charge < -0.3 is 0 Å². The SMILES string of the molecule is CNC(N=C(Cc1ccccc1)c1ccccc1)(c1ccccc1Cl)n1c(-c2ccccc2Cl)nc(-c2ccccc2)c1-c1ccccc1. The van der Waals surface area contributed by atoms with E-state index >= 15 is 0 Å². The van der Waals surface area contributed by atoms with Crippen LogP contribution in [0.2, 0.25) is 10.0 Å². The summed E-state index contributed by atoms with van der Waals surface area (Å²) in [5.41, 5.74) is 8.16. The third-order valence-electron chi connectivity index (χ3n) is 8.63. The summed E-state index contributed by atoms with van der Waals surface area (Å²) in [6.45, 7) is 0. The summed E-state index contributed by atoms with van der Waals surface area (Å²) in [5, 5.41) is 4.83. The highest BCUT2D eigenvalue weighted by Crippen LogP contribution is 2.45. The normalized spacial score (nSPS) is 12.8. The van der Waals surface area contributed by atoms with Crippen LogP contribution in [0, 0.1) is 0 Å². The molecule has 7 aromatic rings. The zero-order chi connectivity index (χ0) is 33.6. The summed E-state index contributed by atoms with van der Waals surface area (Å²) in [4.78, 5) is 11.3. The molecular formula is C43H34Cl2N4. The van der Waals surface area contributed by atoms with Crippen LogP contribution < -0.4 is 5.32 Å². The summed E-state index contributed by atoms with van der Waals surface area (Å²) >= 11 is 14.2. The number of benzene rings is 6. The molecule has 7 rings (SSSR count). The topological polar surface area (TPSA) is 42.2 Å². The molecular weight excluding hydrogens is 643 g/mol. The number of aliphatic imine (C=N–C) groups is 1. The van der Waals surface area contributed by atoms with Crippen molar-refractivity contribution < 1.29 is 0 Å². The molecule has 0 saturated heterocycles. The minimum Gasteiger partial charge on any atom is -0.281 e. The Hall–Kier alpha value is -5.26. The standard InChI is InChI=1S/C43H34Cl2N4/c1-46-43(36-27-15-17-29-38(36)45,48-39(32-20-8-3-9-21-32)30-31-18-6-2-7-19-31)49-41(34-24-12-5-13-25-34)40(33-22-10-4-11-23-33)47-42(49)35-26-14-16-28-37(35)44/h2-29,46H,30H2,1H3. The number of imidazole rings is 1. The number of rotatable bonds is 10. The van der Waals surface area contributed by atoms with Gasteiger partial charge in [0.25, 0.3) is 0 Å². The average Bonchev–Trinajstić information content (AvgIpc) is 3.56. The fourth-order valence-electron chi connectivity index (χ4n) is 6.32. The lowest BCUT2D eigenvalue weighted by molar-refractivity contribution is 0.319. The summed E-state index contributed by atoms with van der Waals surface area (Å²) in [6, 6.07) is 57.0. The van der Waals surface area contributed by atoms with Crippen molar-refractivity contribution in [2.75, 3.05) is 7.05 Å². The molecule has 4 nitrogen and oxygen atoms in total. The maximum atomic E-state index is 7.21. The molecule has 0 amide bonds. The van der Waals surface area contributed by atoms with Crippen LogP contribution in [0.25, 0.3) is 33.9 Å². The molecule has 0 fully saturated rings. The van der Waals surface area contributed by atoms with Gasteiger partial charge in [-0.2, -0.15) is 0 Å². The maximum absolute atomic E-state index is 7.21. The first-order chi connectivity index (χ1) is 24.1. The van der Waals surface area contributed by atoms with Crippen molar-refractivity contribution in [3.8, 4) is 33.9 Å². The van der Waals surface area contributed by atoms with Crippen LogP contribution in [0.3, 0.4) is 0 Å². The molecule has 1 atom stereocenters. The van der Waals surface area contributed by atoms with Gasteiger partial charge in [0.15, 0.2) is 0 Å². The third-order valence-corrected chi connectivity index (χ3v) is 9.29. The Morgan fingerprint density at radius 3 is 1.78 bits per heavy atom. The van der Waals surface area contributed by atoms with Gasteiger partial charge in [0.1, 0.15) is 5.82 Å². The van der Waals surface area contributed by atoms with Gasteiger partial charge in [0.05, 0.1) is 22.1 Å². The Morgan fingerprint density at radius 1 is 0.633 bits per heavy atom. The predicted octanol–water partition coefficient (Wildman–Crippen LogP) is 10.8. The van der Waals surface area contributed by atoms with E-state index in [0.29, 0.717) is 22.3 Å². The first-order valence-electron chi connectivity index (χ1n) is 16.2. The van der Waals surface area contributed by atoms with Gasteiger partial charge in [-0.25, -0.2) is 9.98 Å². The number of hydrogen-bond acceptors (Lipinski definition) is 3. The molecule has 1 heterocycles. The highest BCUT2D eigenvalue weighted by molar-refractivity contribution is 6.33. The summed E-state index contributed by atoms with van der Waals surface area (Å²) < 4.78 is 2.18. The Morgan fingerprint density at radius 2 is 1.16 bits per heavy atom. The van der Waals surface area contributed by atoms with E-state index in [-0.39, 0.29) is 0 Å². The van der Waals surface area contributed by atoms with Crippen molar-refractivity contribution in [3.63, 3.8) is 0 Å². The number of aromatic nitrogens is 2.